The zero-order valence-electron chi connectivity index (χ0n) is 19.1. The number of benzene rings is 2. The first kappa shape index (κ1) is 24.9. The highest BCUT2D eigenvalue weighted by Crippen LogP contribution is 2.29. The van der Waals surface area contributed by atoms with Crippen LogP contribution in [0.5, 0.6) is 5.75 Å². The summed E-state index contributed by atoms with van der Waals surface area (Å²) >= 11 is 6.07. The van der Waals surface area contributed by atoms with Crippen LogP contribution in [-0.4, -0.2) is 56.5 Å². The number of methoxy groups -OCH3 is 1. The summed E-state index contributed by atoms with van der Waals surface area (Å²) in [6.45, 7) is 4.39. The van der Waals surface area contributed by atoms with E-state index in [0.717, 1.165) is 45.3 Å². The van der Waals surface area contributed by atoms with Gasteiger partial charge in [-0.1, -0.05) is 29.8 Å². The Kier molecular flexibility index (Phi) is 9.39. The second-order valence-electron chi connectivity index (χ2n) is 8.40. The summed E-state index contributed by atoms with van der Waals surface area (Å²) in [6.07, 6.45) is 4.10. The molecule has 0 unspecified atom stereocenters. The third-order valence-electron chi connectivity index (χ3n) is 6.04. The van der Waals surface area contributed by atoms with Crippen molar-refractivity contribution in [2.75, 3.05) is 45.6 Å². The Morgan fingerprint density at radius 1 is 1.09 bits per heavy atom. The summed E-state index contributed by atoms with van der Waals surface area (Å²) < 4.78 is 5.27. The number of nitrogens with two attached hydrogens (primary N) is 1. The van der Waals surface area contributed by atoms with E-state index in [1.807, 2.05) is 30.3 Å². The fraction of sp³-hybridized carbons (Fsp3) is 0.440. The van der Waals surface area contributed by atoms with Gasteiger partial charge in [-0.15, -0.1) is 0 Å². The number of nitrogens with zero attached hydrogens (tertiary/aromatic N) is 1. The van der Waals surface area contributed by atoms with Gasteiger partial charge in [0, 0.05) is 24.7 Å². The number of nitrogens with one attached hydrogen (secondary N) is 2. The van der Waals surface area contributed by atoms with Crippen molar-refractivity contribution >= 4 is 29.1 Å². The summed E-state index contributed by atoms with van der Waals surface area (Å²) in [4.78, 5) is 27.1. The van der Waals surface area contributed by atoms with Crippen molar-refractivity contribution < 1.29 is 14.3 Å². The van der Waals surface area contributed by atoms with Crippen molar-refractivity contribution in [1.82, 2.24) is 15.5 Å². The molecule has 0 aromatic heterocycles. The van der Waals surface area contributed by atoms with Crippen molar-refractivity contribution in [3.05, 3.63) is 58.6 Å². The predicted octanol–water partition coefficient (Wildman–Crippen LogP) is 3.58. The lowest BCUT2D eigenvalue weighted by Crippen LogP contribution is -2.39. The third kappa shape index (κ3) is 7.37. The van der Waals surface area contributed by atoms with Crippen LogP contribution in [0.4, 0.5) is 5.69 Å². The molecule has 4 N–H and O–H groups in total. The number of likely N-dealkylation sites (tertiary alicyclic amines) is 1. The van der Waals surface area contributed by atoms with E-state index < -0.39 is 0 Å². The monoisotopic (exact) mass is 472 g/mol. The number of ether oxygens (including phenoxy) is 1. The van der Waals surface area contributed by atoms with Gasteiger partial charge in [-0.2, -0.15) is 0 Å². The quantitative estimate of drug-likeness (QED) is 0.363. The van der Waals surface area contributed by atoms with Crippen LogP contribution in [0.25, 0.3) is 0 Å². The largest absolute Gasteiger partial charge is 0.496 e. The van der Waals surface area contributed by atoms with Crippen molar-refractivity contribution in [1.29, 1.82) is 0 Å². The Morgan fingerprint density at radius 2 is 1.82 bits per heavy atom. The second kappa shape index (κ2) is 12.5. The molecule has 1 heterocycles. The number of anilines is 1. The first-order chi connectivity index (χ1) is 16.0. The van der Waals surface area contributed by atoms with Gasteiger partial charge in [-0.25, -0.2) is 0 Å². The molecule has 33 heavy (non-hydrogen) atoms. The molecule has 0 radical (unpaired) electrons. The van der Waals surface area contributed by atoms with Crippen molar-refractivity contribution in [3.63, 3.8) is 0 Å². The molecule has 2 aromatic rings. The number of unbranched alkanes of at least 4 members (excludes halogenated alkanes) is 1. The van der Waals surface area contributed by atoms with Crippen LogP contribution in [0.3, 0.4) is 0 Å². The van der Waals surface area contributed by atoms with Gasteiger partial charge in [-0.05, 0) is 69.4 Å². The Labute approximate surface area is 200 Å². The van der Waals surface area contributed by atoms with E-state index in [4.69, 9.17) is 22.1 Å². The molecule has 0 atom stereocenters. The molecule has 0 bridgehead atoms. The average molecular weight is 473 g/mol. The van der Waals surface area contributed by atoms with E-state index >= 15 is 0 Å². The molecule has 0 spiro atoms. The minimum Gasteiger partial charge on any atom is -0.496 e. The molecule has 2 amide bonds. The Balaban J connectivity index is 1.31. The summed E-state index contributed by atoms with van der Waals surface area (Å²) in [7, 11) is 1.51. The normalized spacial score (nSPS) is 14.6. The van der Waals surface area contributed by atoms with Gasteiger partial charge in [-0.3, -0.25) is 9.59 Å². The van der Waals surface area contributed by atoms with E-state index in [1.165, 1.54) is 7.11 Å². The van der Waals surface area contributed by atoms with Gasteiger partial charge in [0.1, 0.15) is 5.75 Å². The smallest absolute Gasteiger partial charge is 0.255 e. The van der Waals surface area contributed by atoms with Crippen LogP contribution in [0.1, 0.15) is 46.4 Å². The van der Waals surface area contributed by atoms with Crippen LogP contribution in [0.15, 0.2) is 42.5 Å². The topological polar surface area (TPSA) is 96.7 Å². The van der Waals surface area contributed by atoms with Crippen molar-refractivity contribution in [3.8, 4) is 5.75 Å². The lowest BCUT2D eigenvalue weighted by molar-refractivity contribution is 0.0932. The molecule has 7 nitrogen and oxygen atoms in total. The van der Waals surface area contributed by atoms with E-state index in [-0.39, 0.29) is 11.8 Å². The highest BCUT2D eigenvalue weighted by atomic mass is 35.5. The minimum absolute atomic E-state index is 0.0164. The highest BCUT2D eigenvalue weighted by Gasteiger charge is 2.21. The van der Waals surface area contributed by atoms with Gasteiger partial charge in [0.25, 0.3) is 11.8 Å². The number of carbonyl (C=O) groups excluding carboxylic acids is 2. The van der Waals surface area contributed by atoms with Crippen LogP contribution < -0.4 is 21.1 Å². The maximum Gasteiger partial charge on any atom is 0.255 e. The van der Waals surface area contributed by atoms with Gasteiger partial charge in [0.15, 0.2) is 0 Å². The van der Waals surface area contributed by atoms with E-state index in [9.17, 15) is 9.59 Å². The van der Waals surface area contributed by atoms with Gasteiger partial charge in [0.2, 0.25) is 0 Å². The molecule has 0 saturated carbocycles. The summed E-state index contributed by atoms with van der Waals surface area (Å²) in [5.41, 5.74) is 7.27. The molecule has 178 valence electrons. The molecule has 2 aromatic carbocycles. The molecular formula is C25H33ClN4O3. The maximum atomic E-state index is 12.6. The molecule has 8 heteroatoms. The number of halogens is 1. The molecule has 0 aliphatic carbocycles. The van der Waals surface area contributed by atoms with Gasteiger partial charge >= 0.3 is 0 Å². The number of nitrogen functional groups attached to an aromatic ring is 1. The predicted molar refractivity (Wildman–Crippen MR) is 132 cm³/mol. The number of piperidine rings is 1. The first-order valence-electron chi connectivity index (χ1n) is 11.4. The zero-order chi connectivity index (χ0) is 23.6. The number of hydrogen-bond donors (Lipinski definition) is 3. The number of carbonyl (C=O) groups is 2. The maximum absolute atomic E-state index is 12.6. The standard InChI is InChI=1S/C25H33ClN4O3/c1-33-23-16-22(27)21(26)15-20(23)25(32)29-17-18-9-13-30(14-10-18)12-6-5-11-28-24(31)19-7-3-2-4-8-19/h2-4,7-8,15-16,18H,5-6,9-14,17,27H2,1H3,(H,28,31)(H,29,32). The highest BCUT2D eigenvalue weighted by molar-refractivity contribution is 6.33. The van der Waals surface area contributed by atoms with Gasteiger partial charge < -0.3 is 26.0 Å². The number of amides is 2. The first-order valence-corrected chi connectivity index (χ1v) is 11.8. The third-order valence-corrected chi connectivity index (χ3v) is 6.37. The number of rotatable bonds is 10. The fourth-order valence-corrected chi connectivity index (χ4v) is 4.18. The van der Waals surface area contributed by atoms with Crippen LogP contribution in [0, 0.1) is 5.92 Å². The van der Waals surface area contributed by atoms with Crippen LogP contribution >= 0.6 is 11.6 Å². The average Bonchev–Trinajstić information content (AvgIpc) is 2.84. The Morgan fingerprint density at radius 3 is 2.52 bits per heavy atom. The van der Waals surface area contributed by atoms with Crippen molar-refractivity contribution in [2.45, 2.75) is 25.7 Å². The van der Waals surface area contributed by atoms with E-state index in [2.05, 4.69) is 15.5 Å². The van der Waals surface area contributed by atoms with Crippen LogP contribution in [-0.2, 0) is 0 Å². The Hall–Kier alpha value is -2.77. The zero-order valence-corrected chi connectivity index (χ0v) is 19.9. The van der Waals surface area contributed by atoms with E-state index in [0.29, 0.717) is 46.6 Å². The summed E-state index contributed by atoms with van der Waals surface area (Å²) in [5, 5.41) is 6.33. The number of hydrogen-bond acceptors (Lipinski definition) is 5. The second-order valence-corrected chi connectivity index (χ2v) is 8.81. The fourth-order valence-electron chi connectivity index (χ4n) is 4.02. The lowest BCUT2D eigenvalue weighted by Gasteiger charge is -2.32. The summed E-state index contributed by atoms with van der Waals surface area (Å²) in [6, 6.07) is 12.4. The molecular weight excluding hydrogens is 440 g/mol. The van der Waals surface area contributed by atoms with Gasteiger partial charge in [0.05, 0.1) is 23.4 Å². The molecule has 1 aliphatic rings. The van der Waals surface area contributed by atoms with E-state index in [1.54, 1.807) is 12.1 Å². The molecule has 1 aliphatic heterocycles. The summed E-state index contributed by atoms with van der Waals surface area (Å²) in [5.74, 6) is 0.654. The Bertz CT molecular complexity index is 931. The molecule has 1 saturated heterocycles. The SMILES string of the molecule is COc1cc(N)c(Cl)cc1C(=O)NCC1CCN(CCCCNC(=O)c2ccccc2)CC1. The van der Waals surface area contributed by atoms with Crippen molar-refractivity contribution in [2.24, 2.45) is 5.92 Å². The molecule has 3 rings (SSSR count). The lowest BCUT2D eigenvalue weighted by atomic mass is 9.96. The van der Waals surface area contributed by atoms with Crippen LogP contribution in [0.2, 0.25) is 5.02 Å². The molecule has 1 fully saturated rings. The minimum atomic E-state index is -0.200.